The van der Waals surface area contributed by atoms with Gasteiger partial charge < -0.3 is 25.2 Å². The Morgan fingerprint density at radius 1 is 1.29 bits per heavy atom. The summed E-state index contributed by atoms with van der Waals surface area (Å²) in [7, 11) is 0. The molecule has 0 spiro atoms. The molecule has 1 saturated heterocycles. The molecule has 2 aliphatic rings. The maximum atomic E-state index is 14.7. The number of carbonyl (C=O) groups is 2. The van der Waals surface area contributed by atoms with Gasteiger partial charge in [-0.15, -0.1) is 0 Å². The number of piperidine rings is 1. The third kappa shape index (κ3) is 5.52. The first-order valence-corrected chi connectivity index (χ1v) is 11.0. The number of aliphatic hydroxyl groups excluding tert-OH is 2. The Labute approximate surface area is 199 Å². The van der Waals surface area contributed by atoms with E-state index in [4.69, 9.17) is 9.84 Å². The van der Waals surface area contributed by atoms with E-state index in [9.17, 15) is 28.7 Å². The number of hydrogen-bond donors (Lipinski definition) is 3. The maximum absolute atomic E-state index is 14.7. The molecule has 1 unspecified atom stereocenters. The molecule has 1 saturated carbocycles. The first-order valence-electron chi connectivity index (χ1n) is 11.0. The van der Waals surface area contributed by atoms with Gasteiger partial charge in [0.25, 0.3) is 5.91 Å². The van der Waals surface area contributed by atoms with Crippen molar-refractivity contribution >= 4 is 17.6 Å². The van der Waals surface area contributed by atoms with E-state index in [-0.39, 0.29) is 36.1 Å². The number of ether oxygens (including phenoxy) is 1. The molecule has 0 bridgehead atoms. The van der Waals surface area contributed by atoms with Crippen LogP contribution in [-0.2, 0) is 9.59 Å². The topological polar surface area (TPSA) is 149 Å². The van der Waals surface area contributed by atoms with Crippen LogP contribution in [0.1, 0.15) is 24.8 Å². The smallest absolute Gasteiger partial charge is 0.301 e. The van der Waals surface area contributed by atoms with Crippen molar-refractivity contribution in [3.63, 3.8) is 0 Å². The number of rotatable bonds is 7. The average Bonchev–Trinajstić information content (AvgIpc) is 3.70. The van der Waals surface area contributed by atoms with Crippen molar-refractivity contribution in [2.45, 2.75) is 37.4 Å². The number of alkyl halides is 2. The van der Waals surface area contributed by atoms with Gasteiger partial charge in [0.1, 0.15) is 24.0 Å². The molecular weight excluding hydrogens is 464 g/mol. The van der Waals surface area contributed by atoms with Gasteiger partial charge in [0, 0.05) is 30.5 Å². The van der Waals surface area contributed by atoms with Crippen molar-refractivity contribution in [3.8, 4) is 23.1 Å². The van der Waals surface area contributed by atoms with Crippen molar-refractivity contribution < 1.29 is 33.3 Å². The number of nitriles is 1. The highest BCUT2D eigenvalue weighted by atomic mass is 19.3. The summed E-state index contributed by atoms with van der Waals surface area (Å²) in [6, 6.07) is 7.88. The zero-order valence-corrected chi connectivity index (χ0v) is 18.5. The summed E-state index contributed by atoms with van der Waals surface area (Å²) < 4.78 is 34.9. The molecule has 2 atom stereocenters. The molecule has 1 aliphatic carbocycles. The number of anilines is 1. The molecule has 2 fully saturated rings. The highest BCUT2D eigenvalue weighted by Crippen LogP contribution is 2.34. The molecule has 184 valence electrons. The van der Waals surface area contributed by atoms with Gasteiger partial charge in [-0.2, -0.15) is 5.26 Å². The van der Waals surface area contributed by atoms with Gasteiger partial charge in [-0.05, 0) is 31.0 Å². The molecular formula is C23H23F2N5O5. The van der Waals surface area contributed by atoms with Crippen LogP contribution in [0.15, 0.2) is 30.6 Å². The van der Waals surface area contributed by atoms with E-state index in [1.807, 2.05) is 6.07 Å². The number of amides is 2. The van der Waals surface area contributed by atoms with Crippen molar-refractivity contribution in [3.05, 3.63) is 36.2 Å². The van der Waals surface area contributed by atoms with Gasteiger partial charge in [-0.1, -0.05) is 0 Å². The van der Waals surface area contributed by atoms with E-state index in [2.05, 4.69) is 15.3 Å². The summed E-state index contributed by atoms with van der Waals surface area (Å²) >= 11 is 0. The number of likely N-dealkylation sites (tertiary alicyclic amines) is 1. The Balaban J connectivity index is 1.48. The lowest BCUT2D eigenvalue weighted by atomic mass is 10.0. The molecule has 10 nitrogen and oxygen atoms in total. The van der Waals surface area contributed by atoms with Crippen molar-refractivity contribution in [1.29, 1.82) is 5.26 Å². The number of aromatic nitrogens is 2. The number of benzene rings is 1. The average molecular weight is 487 g/mol. The SMILES string of the molecule is N#Cc1cc(-c2cc(NC(=O)C3CC3)ncn2)ccc1OC1CCN(C(=O)[C@@H](O)CO)CC1(F)F. The molecule has 35 heavy (non-hydrogen) atoms. The fraction of sp³-hybridized carbons (Fsp3) is 0.435. The molecule has 1 aromatic carbocycles. The maximum Gasteiger partial charge on any atom is 0.301 e. The largest absolute Gasteiger partial charge is 0.483 e. The van der Waals surface area contributed by atoms with Crippen LogP contribution in [0.5, 0.6) is 5.75 Å². The van der Waals surface area contributed by atoms with Gasteiger partial charge in [-0.3, -0.25) is 9.59 Å². The Bertz CT molecular complexity index is 1170. The Hall–Kier alpha value is -3.69. The minimum Gasteiger partial charge on any atom is -0.483 e. The minimum atomic E-state index is -3.45. The Morgan fingerprint density at radius 3 is 2.71 bits per heavy atom. The van der Waals surface area contributed by atoms with E-state index >= 15 is 0 Å². The number of halogens is 2. The van der Waals surface area contributed by atoms with E-state index in [1.165, 1.54) is 18.5 Å². The van der Waals surface area contributed by atoms with Gasteiger partial charge in [0.2, 0.25) is 5.91 Å². The number of carbonyl (C=O) groups excluding carboxylic acids is 2. The highest BCUT2D eigenvalue weighted by molar-refractivity contribution is 5.93. The van der Waals surface area contributed by atoms with Crippen LogP contribution in [-0.4, -0.2) is 74.7 Å². The zero-order chi connectivity index (χ0) is 25.2. The number of nitrogens with zero attached hydrogens (tertiary/aromatic N) is 4. The normalized spacial score (nSPS) is 20.0. The summed E-state index contributed by atoms with van der Waals surface area (Å²) in [6.45, 7) is -1.95. The molecule has 3 N–H and O–H groups in total. The zero-order valence-electron chi connectivity index (χ0n) is 18.5. The summed E-state index contributed by atoms with van der Waals surface area (Å²) in [5, 5.41) is 30.6. The Morgan fingerprint density at radius 2 is 2.06 bits per heavy atom. The highest BCUT2D eigenvalue weighted by Gasteiger charge is 2.48. The van der Waals surface area contributed by atoms with Crippen LogP contribution in [0.25, 0.3) is 11.3 Å². The summed E-state index contributed by atoms with van der Waals surface area (Å²) in [5.41, 5.74) is 0.937. The van der Waals surface area contributed by atoms with Gasteiger partial charge in [0.15, 0.2) is 12.2 Å². The van der Waals surface area contributed by atoms with Crippen LogP contribution < -0.4 is 10.1 Å². The third-order valence-electron chi connectivity index (χ3n) is 5.84. The number of aliphatic hydroxyl groups is 2. The van der Waals surface area contributed by atoms with E-state index in [0.29, 0.717) is 17.1 Å². The summed E-state index contributed by atoms with van der Waals surface area (Å²) in [4.78, 5) is 32.9. The van der Waals surface area contributed by atoms with Gasteiger partial charge in [-0.25, -0.2) is 18.7 Å². The molecule has 2 amide bonds. The standard InChI is InChI=1S/C23H23F2N5O5/c24-23(25)11-30(22(34)17(32)10-31)6-5-19(23)35-18-4-3-14(7-15(18)9-26)16-8-20(28-12-27-16)29-21(33)13-1-2-13/h3-4,7-8,12-13,17,19,31-32H,1-2,5-6,10-11H2,(H,27,28,29,33)/t17-,19?/m0/s1. The van der Waals surface area contributed by atoms with Crippen LogP contribution in [0.2, 0.25) is 0 Å². The van der Waals surface area contributed by atoms with E-state index in [0.717, 1.165) is 17.7 Å². The second kappa shape index (κ2) is 9.89. The minimum absolute atomic E-state index is 0.00194. The second-order valence-corrected chi connectivity index (χ2v) is 8.49. The lowest BCUT2D eigenvalue weighted by molar-refractivity contribution is -0.167. The quantitative estimate of drug-likeness (QED) is 0.530. The molecule has 1 aliphatic heterocycles. The first kappa shape index (κ1) is 24.4. The predicted molar refractivity (Wildman–Crippen MR) is 117 cm³/mol. The molecule has 2 aromatic rings. The molecule has 4 rings (SSSR count). The number of hydrogen-bond acceptors (Lipinski definition) is 8. The fourth-order valence-electron chi connectivity index (χ4n) is 3.73. The Kier molecular flexibility index (Phi) is 6.90. The van der Waals surface area contributed by atoms with Gasteiger partial charge >= 0.3 is 5.92 Å². The van der Waals surface area contributed by atoms with Crippen molar-refractivity contribution in [1.82, 2.24) is 14.9 Å². The third-order valence-corrected chi connectivity index (χ3v) is 5.84. The monoisotopic (exact) mass is 487 g/mol. The summed E-state index contributed by atoms with van der Waals surface area (Å²) in [5.74, 6) is -4.28. The lowest BCUT2D eigenvalue weighted by Gasteiger charge is -2.38. The first-order chi connectivity index (χ1) is 16.7. The second-order valence-electron chi connectivity index (χ2n) is 8.49. The molecule has 12 heteroatoms. The van der Waals surface area contributed by atoms with Crippen LogP contribution in [0, 0.1) is 17.2 Å². The van der Waals surface area contributed by atoms with E-state index < -0.39 is 37.2 Å². The lowest BCUT2D eigenvalue weighted by Crippen LogP contribution is -2.57. The van der Waals surface area contributed by atoms with Crippen molar-refractivity contribution in [2.75, 3.05) is 25.0 Å². The molecule has 0 radical (unpaired) electrons. The van der Waals surface area contributed by atoms with Crippen LogP contribution in [0.3, 0.4) is 0 Å². The van der Waals surface area contributed by atoms with Gasteiger partial charge in [0.05, 0.1) is 24.4 Å². The predicted octanol–water partition coefficient (Wildman–Crippen LogP) is 1.33. The van der Waals surface area contributed by atoms with Crippen molar-refractivity contribution in [2.24, 2.45) is 5.92 Å². The van der Waals surface area contributed by atoms with Crippen LogP contribution in [0.4, 0.5) is 14.6 Å². The number of nitrogens with one attached hydrogen (secondary N) is 1. The molecule has 2 heterocycles. The van der Waals surface area contributed by atoms with Crippen LogP contribution >= 0.6 is 0 Å². The fourth-order valence-corrected chi connectivity index (χ4v) is 3.73. The van der Waals surface area contributed by atoms with E-state index in [1.54, 1.807) is 12.1 Å². The summed E-state index contributed by atoms with van der Waals surface area (Å²) in [6.07, 6.45) is -0.632. The molecule has 1 aromatic heterocycles.